The summed E-state index contributed by atoms with van der Waals surface area (Å²) in [6.45, 7) is 3.81. The fourth-order valence-corrected chi connectivity index (χ4v) is 3.29. The van der Waals surface area contributed by atoms with Crippen LogP contribution in [0.5, 0.6) is 0 Å². The molecule has 1 fully saturated rings. The Balaban J connectivity index is 1.92. The van der Waals surface area contributed by atoms with E-state index in [1.165, 1.54) is 29.5 Å². The van der Waals surface area contributed by atoms with Crippen molar-refractivity contribution in [2.24, 2.45) is 11.8 Å². The van der Waals surface area contributed by atoms with Crippen molar-refractivity contribution in [1.82, 2.24) is 5.32 Å². The fourth-order valence-electron chi connectivity index (χ4n) is 3.29. The third-order valence-corrected chi connectivity index (χ3v) is 4.56. The van der Waals surface area contributed by atoms with Crippen LogP contribution in [0.1, 0.15) is 42.4 Å². The van der Waals surface area contributed by atoms with Gasteiger partial charge < -0.3 is 10.4 Å². The lowest BCUT2D eigenvalue weighted by Crippen LogP contribution is -2.25. The van der Waals surface area contributed by atoms with E-state index in [0.29, 0.717) is 5.92 Å². The Hall–Kier alpha value is -1.35. The quantitative estimate of drug-likeness (QED) is 0.873. The van der Waals surface area contributed by atoms with Crippen LogP contribution >= 0.6 is 0 Å². The van der Waals surface area contributed by atoms with Gasteiger partial charge in [0.2, 0.25) is 0 Å². The Bertz CT molecular complexity index is 494. The second-order valence-electron chi connectivity index (χ2n) is 5.95. The Morgan fingerprint density at radius 3 is 2.84 bits per heavy atom. The average Bonchev–Trinajstić information content (AvgIpc) is 3.23. The number of carboxylic acids is 1. The number of carbonyl (C=O) groups is 1. The second kappa shape index (κ2) is 4.97. The van der Waals surface area contributed by atoms with E-state index in [2.05, 4.69) is 23.5 Å². The van der Waals surface area contributed by atoms with Gasteiger partial charge in [-0.3, -0.25) is 4.79 Å². The Morgan fingerprint density at radius 1 is 1.37 bits per heavy atom. The first-order valence-corrected chi connectivity index (χ1v) is 7.22. The van der Waals surface area contributed by atoms with Crippen LogP contribution in [0, 0.1) is 11.8 Å². The summed E-state index contributed by atoms with van der Waals surface area (Å²) in [6.07, 6.45) is 3.44. The van der Waals surface area contributed by atoms with Gasteiger partial charge in [-0.1, -0.05) is 25.1 Å². The summed E-state index contributed by atoms with van der Waals surface area (Å²) in [5.74, 6) is -0.208. The maximum Gasteiger partial charge on any atom is 0.306 e. The highest BCUT2D eigenvalue weighted by Gasteiger charge is 2.38. The van der Waals surface area contributed by atoms with Gasteiger partial charge in [0.1, 0.15) is 0 Å². The standard InChI is InChI=1S/C16H21NO2/c1-10(16(18)19)15(12-3-4-12)13-5-2-11-6-7-17-9-14(11)8-13/h2,5,8,10,12,15,17H,3-4,6-7,9H2,1H3,(H,18,19). The molecule has 2 atom stereocenters. The maximum absolute atomic E-state index is 11.3. The number of rotatable bonds is 4. The largest absolute Gasteiger partial charge is 0.481 e. The van der Waals surface area contributed by atoms with Crippen molar-refractivity contribution in [3.05, 3.63) is 34.9 Å². The zero-order chi connectivity index (χ0) is 13.4. The molecule has 102 valence electrons. The van der Waals surface area contributed by atoms with Crippen LogP contribution in [0.3, 0.4) is 0 Å². The topological polar surface area (TPSA) is 49.3 Å². The van der Waals surface area contributed by atoms with Gasteiger partial charge >= 0.3 is 5.97 Å². The van der Waals surface area contributed by atoms with E-state index in [0.717, 1.165) is 19.5 Å². The Kier molecular flexibility index (Phi) is 3.31. The predicted molar refractivity (Wildman–Crippen MR) is 74.1 cm³/mol. The first-order valence-electron chi connectivity index (χ1n) is 7.22. The summed E-state index contributed by atoms with van der Waals surface area (Å²) in [5.41, 5.74) is 3.99. The number of fused-ring (bicyclic) bond motifs is 1. The number of nitrogens with one attached hydrogen (secondary N) is 1. The molecule has 0 aromatic heterocycles. The lowest BCUT2D eigenvalue weighted by atomic mass is 9.81. The van der Waals surface area contributed by atoms with Crippen molar-refractivity contribution in [3.8, 4) is 0 Å². The van der Waals surface area contributed by atoms with Crippen molar-refractivity contribution in [3.63, 3.8) is 0 Å². The highest BCUT2D eigenvalue weighted by molar-refractivity contribution is 5.71. The molecule has 2 N–H and O–H groups in total. The van der Waals surface area contributed by atoms with Crippen LogP contribution in [-0.4, -0.2) is 17.6 Å². The molecule has 1 aliphatic carbocycles. The number of carboxylic acid groups (broad SMARTS) is 1. The molecule has 3 rings (SSSR count). The molecule has 0 saturated heterocycles. The minimum Gasteiger partial charge on any atom is -0.481 e. The summed E-state index contributed by atoms with van der Waals surface area (Å²) < 4.78 is 0. The predicted octanol–water partition coefficient (Wildman–Crippen LogP) is 2.55. The zero-order valence-electron chi connectivity index (χ0n) is 11.4. The molecule has 0 radical (unpaired) electrons. The minimum absolute atomic E-state index is 0.185. The van der Waals surface area contributed by atoms with Gasteiger partial charge in [-0.2, -0.15) is 0 Å². The molecule has 0 amide bonds. The van der Waals surface area contributed by atoms with Crippen LogP contribution in [-0.2, 0) is 17.8 Å². The molecule has 1 saturated carbocycles. The van der Waals surface area contributed by atoms with Gasteiger partial charge in [0.05, 0.1) is 5.92 Å². The summed E-state index contributed by atoms with van der Waals surface area (Å²) in [7, 11) is 0. The van der Waals surface area contributed by atoms with Gasteiger partial charge in [-0.25, -0.2) is 0 Å². The molecule has 0 spiro atoms. The molecule has 3 heteroatoms. The van der Waals surface area contributed by atoms with E-state index >= 15 is 0 Å². The molecule has 2 aliphatic rings. The third kappa shape index (κ3) is 2.52. The second-order valence-corrected chi connectivity index (χ2v) is 5.95. The lowest BCUT2D eigenvalue weighted by Gasteiger charge is -2.24. The molecule has 1 aliphatic heterocycles. The Morgan fingerprint density at radius 2 is 2.16 bits per heavy atom. The summed E-state index contributed by atoms with van der Waals surface area (Å²) in [4.78, 5) is 11.3. The van der Waals surface area contributed by atoms with Crippen molar-refractivity contribution in [2.75, 3.05) is 6.54 Å². The molecule has 3 nitrogen and oxygen atoms in total. The minimum atomic E-state index is -0.673. The molecule has 1 aromatic rings. The molecule has 1 heterocycles. The van der Waals surface area contributed by atoms with Gasteiger partial charge in [0.25, 0.3) is 0 Å². The van der Waals surface area contributed by atoms with Crippen LogP contribution in [0.4, 0.5) is 0 Å². The maximum atomic E-state index is 11.3. The zero-order valence-corrected chi connectivity index (χ0v) is 11.4. The molecular formula is C16H21NO2. The molecular weight excluding hydrogens is 238 g/mol. The summed E-state index contributed by atoms with van der Waals surface area (Å²) in [5, 5.41) is 12.7. The monoisotopic (exact) mass is 259 g/mol. The van der Waals surface area contributed by atoms with Gasteiger partial charge in [-0.15, -0.1) is 0 Å². The summed E-state index contributed by atoms with van der Waals surface area (Å²) in [6, 6.07) is 6.60. The highest BCUT2D eigenvalue weighted by Crippen LogP contribution is 2.47. The van der Waals surface area contributed by atoms with Crippen LogP contribution in [0.25, 0.3) is 0 Å². The van der Waals surface area contributed by atoms with E-state index in [-0.39, 0.29) is 11.8 Å². The average molecular weight is 259 g/mol. The van der Waals surface area contributed by atoms with Crippen molar-refractivity contribution in [2.45, 2.75) is 38.6 Å². The fraction of sp³-hybridized carbons (Fsp3) is 0.562. The molecule has 19 heavy (non-hydrogen) atoms. The van der Waals surface area contributed by atoms with Crippen molar-refractivity contribution < 1.29 is 9.90 Å². The SMILES string of the molecule is CC(C(=O)O)C(c1ccc2c(c1)CNCC2)C1CC1. The number of hydrogen-bond donors (Lipinski definition) is 2. The normalized spacial score (nSPS) is 21.5. The number of hydrogen-bond acceptors (Lipinski definition) is 2. The third-order valence-electron chi connectivity index (χ3n) is 4.56. The van der Waals surface area contributed by atoms with Crippen molar-refractivity contribution in [1.29, 1.82) is 0 Å². The molecule has 0 bridgehead atoms. The van der Waals surface area contributed by atoms with Crippen LogP contribution in [0.15, 0.2) is 18.2 Å². The van der Waals surface area contributed by atoms with E-state index in [1.807, 2.05) is 6.92 Å². The van der Waals surface area contributed by atoms with Crippen molar-refractivity contribution >= 4 is 5.97 Å². The van der Waals surface area contributed by atoms with E-state index in [1.54, 1.807) is 0 Å². The summed E-state index contributed by atoms with van der Waals surface area (Å²) >= 11 is 0. The van der Waals surface area contributed by atoms with E-state index in [9.17, 15) is 9.90 Å². The number of benzene rings is 1. The van der Waals surface area contributed by atoms with E-state index < -0.39 is 5.97 Å². The van der Waals surface area contributed by atoms with Gasteiger partial charge in [-0.05, 0) is 54.3 Å². The number of aliphatic carboxylic acids is 1. The highest BCUT2D eigenvalue weighted by atomic mass is 16.4. The van der Waals surface area contributed by atoms with Gasteiger partial charge in [0, 0.05) is 6.54 Å². The molecule has 1 aromatic carbocycles. The van der Waals surface area contributed by atoms with E-state index in [4.69, 9.17) is 0 Å². The smallest absolute Gasteiger partial charge is 0.306 e. The first kappa shape index (κ1) is 12.7. The first-order chi connectivity index (χ1) is 9.16. The van der Waals surface area contributed by atoms with Crippen LogP contribution in [0.2, 0.25) is 0 Å². The van der Waals surface area contributed by atoms with Crippen LogP contribution < -0.4 is 5.32 Å². The Labute approximate surface area is 114 Å². The lowest BCUT2D eigenvalue weighted by molar-refractivity contribution is -0.142. The van der Waals surface area contributed by atoms with Gasteiger partial charge in [0.15, 0.2) is 0 Å². The molecule has 2 unspecified atom stereocenters.